The zero-order valence-corrected chi connectivity index (χ0v) is 10.2. The van der Waals surface area contributed by atoms with Gasteiger partial charge >= 0.3 is 0 Å². The summed E-state index contributed by atoms with van der Waals surface area (Å²) in [5, 5.41) is 4.08. The van der Waals surface area contributed by atoms with E-state index in [0.717, 1.165) is 24.5 Å². The quantitative estimate of drug-likeness (QED) is 0.832. The summed E-state index contributed by atoms with van der Waals surface area (Å²) in [5.74, 6) is 0.817. The van der Waals surface area contributed by atoms with Crippen molar-refractivity contribution < 1.29 is 4.74 Å². The summed E-state index contributed by atoms with van der Waals surface area (Å²) in [7, 11) is 1.66. The molecule has 0 amide bonds. The van der Waals surface area contributed by atoms with Crippen LogP contribution in [0.5, 0.6) is 5.75 Å². The Hall–Kier alpha value is -0.930. The molecule has 0 aromatic heterocycles. The van der Waals surface area contributed by atoms with E-state index in [-0.39, 0.29) is 0 Å². The molecule has 2 rings (SSSR count). The van der Waals surface area contributed by atoms with Gasteiger partial charge in [-0.15, -0.1) is 0 Å². The highest BCUT2D eigenvalue weighted by atomic mass is 35.5. The molecule has 0 radical (unpaired) electrons. The van der Waals surface area contributed by atoms with Crippen molar-refractivity contribution in [2.24, 2.45) is 11.1 Å². The first-order valence-electron chi connectivity index (χ1n) is 5.47. The van der Waals surface area contributed by atoms with E-state index >= 15 is 0 Å². The van der Waals surface area contributed by atoms with E-state index in [1.807, 2.05) is 18.2 Å². The van der Waals surface area contributed by atoms with Gasteiger partial charge in [-0.1, -0.05) is 11.6 Å². The average molecular weight is 241 g/mol. The third-order valence-electron chi connectivity index (χ3n) is 3.21. The van der Waals surface area contributed by atoms with Crippen molar-refractivity contribution in [3.05, 3.63) is 23.2 Å². The molecule has 1 saturated carbocycles. The lowest BCUT2D eigenvalue weighted by Gasteiger charge is -2.16. The first kappa shape index (κ1) is 11.6. The van der Waals surface area contributed by atoms with E-state index < -0.39 is 0 Å². The summed E-state index contributed by atoms with van der Waals surface area (Å²) < 4.78 is 5.27. The van der Waals surface area contributed by atoms with Gasteiger partial charge in [-0.2, -0.15) is 0 Å². The Morgan fingerprint density at radius 1 is 1.50 bits per heavy atom. The minimum absolute atomic E-state index is 0.299. The number of nitrogens with one attached hydrogen (secondary N) is 1. The zero-order valence-electron chi connectivity index (χ0n) is 9.42. The van der Waals surface area contributed by atoms with Crippen molar-refractivity contribution >= 4 is 17.3 Å². The van der Waals surface area contributed by atoms with Crippen LogP contribution in [-0.2, 0) is 0 Å². The topological polar surface area (TPSA) is 47.3 Å². The van der Waals surface area contributed by atoms with Crippen molar-refractivity contribution in [1.82, 2.24) is 0 Å². The van der Waals surface area contributed by atoms with Crippen LogP contribution in [-0.4, -0.2) is 20.2 Å². The molecule has 0 unspecified atom stereocenters. The van der Waals surface area contributed by atoms with E-state index in [1.54, 1.807) is 7.11 Å². The third kappa shape index (κ3) is 2.42. The molecule has 0 spiro atoms. The fourth-order valence-corrected chi connectivity index (χ4v) is 1.90. The molecule has 0 saturated heterocycles. The van der Waals surface area contributed by atoms with Crippen LogP contribution in [0.15, 0.2) is 18.2 Å². The number of halogens is 1. The van der Waals surface area contributed by atoms with Gasteiger partial charge < -0.3 is 15.8 Å². The van der Waals surface area contributed by atoms with Crippen molar-refractivity contribution in [2.45, 2.75) is 12.8 Å². The van der Waals surface area contributed by atoms with E-state index in [2.05, 4.69) is 5.32 Å². The molecular formula is C12H17ClN2O. The monoisotopic (exact) mass is 240 g/mol. The second kappa shape index (κ2) is 4.52. The molecule has 0 atom stereocenters. The summed E-state index contributed by atoms with van der Waals surface area (Å²) in [4.78, 5) is 0. The van der Waals surface area contributed by atoms with Gasteiger partial charge in [0.2, 0.25) is 0 Å². The minimum Gasteiger partial charge on any atom is -0.495 e. The molecule has 88 valence electrons. The van der Waals surface area contributed by atoms with Gasteiger partial charge in [-0.05, 0) is 43.0 Å². The lowest BCUT2D eigenvalue weighted by molar-refractivity contribution is 0.416. The Morgan fingerprint density at radius 2 is 2.25 bits per heavy atom. The molecule has 4 heteroatoms. The maximum absolute atomic E-state index is 5.95. The van der Waals surface area contributed by atoms with Crippen LogP contribution in [0.3, 0.4) is 0 Å². The largest absolute Gasteiger partial charge is 0.495 e. The van der Waals surface area contributed by atoms with Gasteiger partial charge in [-0.3, -0.25) is 0 Å². The first-order chi connectivity index (χ1) is 7.69. The minimum atomic E-state index is 0.299. The normalized spacial score (nSPS) is 16.9. The fraction of sp³-hybridized carbons (Fsp3) is 0.500. The molecule has 1 aliphatic carbocycles. The molecule has 16 heavy (non-hydrogen) atoms. The molecule has 3 N–H and O–H groups in total. The molecular weight excluding hydrogens is 224 g/mol. The van der Waals surface area contributed by atoms with Gasteiger partial charge in [0.1, 0.15) is 5.75 Å². The highest BCUT2D eigenvalue weighted by molar-refractivity contribution is 6.30. The summed E-state index contributed by atoms with van der Waals surface area (Å²) in [6.45, 7) is 1.63. The van der Waals surface area contributed by atoms with E-state index in [9.17, 15) is 0 Å². The summed E-state index contributed by atoms with van der Waals surface area (Å²) >= 11 is 5.95. The number of ether oxygens (including phenoxy) is 1. The zero-order chi connectivity index (χ0) is 11.6. The van der Waals surface area contributed by atoms with Crippen LogP contribution in [0.25, 0.3) is 0 Å². The Kier molecular flexibility index (Phi) is 3.26. The van der Waals surface area contributed by atoms with Gasteiger partial charge in [0.25, 0.3) is 0 Å². The number of methoxy groups -OCH3 is 1. The number of rotatable bonds is 5. The lowest BCUT2D eigenvalue weighted by Crippen LogP contribution is -2.24. The predicted octanol–water partition coefficient (Wildman–Crippen LogP) is 2.50. The number of hydrogen-bond acceptors (Lipinski definition) is 3. The van der Waals surface area contributed by atoms with Crippen LogP contribution >= 0.6 is 11.6 Å². The predicted molar refractivity (Wildman–Crippen MR) is 67.2 cm³/mol. The SMILES string of the molecule is COc1ccc(Cl)cc1NCC1(CN)CC1. The molecule has 1 aromatic rings. The van der Waals surface area contributed by atoms with Crippen molar-refractivity contribution in [2.75, 3.05) is 25.5 Å². The lowest BCUT2D eigenvalue weighted by atomic mass is 10.1. The van der Waals surface area contributed by atoms with E-state index in [1.165, 1.54) is 12.8 Å². The Balaban J connectivity index is 2.05. The molecule has 1 fully saturated rings. The molecule has 0 heterocycles. The third-order valence-corrected chi connectivity index (χ3v) is 3.44. The van der Waals surface area contributed by atoms with Crippen LogP contribution < -0.4 is 15.8 Å². The number of benzene rings is 1. The van der Waals surface area contributed by atoms with E-state index in [4.69, 9.17) is 22.1 Å². The summed E-state index contributed by atoms with van der Waals surface area (Å²) in [6, 6.07) is 5.57. The maximum Gasteiger partial charge on any atom is 0.142 e. The standard InChI is InChI=1S/C12H17ClN2O/c1-16-11-3-2-9(13)6-10(11)15-8-12(7-14)4-5-12/h2-3,6,15H,4-5,7-8,14H2,1H3. The molecule has 1 aliphatic rings. The number of nitrogens with two attached hydrogens (primary N) is 1. The summed E-state index contributed by atoms with van der Waals surface area (Å²) in [5.41, 5.74) is 6.97. The van der Waals surface area contributed by atoms with Crippen LogP contribution in [0, 0.1) is 5.41 Å². The van der Waals surface area contributed by atoms with Gasteiger partial charge in [0.05, 0.1) is 12.8 Å². The Morgan fingerprint density at radius 3 is 2.81 bits per heavy atom. The second-order valence-corrected chi connectivity index (χ2v) is 4.84. The highest BCUT2D eigenvalue weighted by Crippen LogP contribution is 2.44. The smallest absolute Gasteiger partial charge is 0.142 e. The number of hydrogen-bond donors (Lipinski definition) is 2. The van der Waals surface area contributed by atoms with Crippen LogP contribution in [0.1, 0.15) is 12.8 Å². The summed E-state index contributed by atoms with van der Waals surface area (Å²) in [6.07, 6.45) is 2.42. The van der Waals surface area contributed by atoms with Crippen molar-refractivity contribution in [3.8, 4) is 5.75 Å². The Labute approximate surface area is 101 Å². The van der Waals surface area contributed by atoms with E-state index in [0.29, 0.717) is 10.4 Å². The highest BCUT2D eigenvalue weighted by Gasteiger charge is 2.40. The van der Waals surface area contributed by atoms with Crippen LogP contribution in [0.2, 0.25) is 5.02 Å². The van der Waals surface area contributed by atoms with Gasteiger partial charge in [0, 0.05) is 11.6 Å². The Bertz CT molecular complexity index is 377. The van der Waals surface area contributed by atoms with Crippen molar-refractivity contribution in [1.29, 1.82) is 0 Å². The average Bonchev–Trinajstić information content (AvgIpc) is 3.07. The molecule has 0 aliphatic heterocycles. The first-order valence-corrected chi connectivity index (χ1v) is 5.84. The van der Waals surface area contributed by atoms with Crippen molar-refractivity contribution in [3.63, 3.8) is 0 Å². The second-order valence-electron chi connectivity index (χ2n) is 4.40. The fourth-order valence-electron chi connectivity index (χ4n) is 1.73. The molecule has 0 bridgehead atoms. The van der Waals surface area contributed by atoms with Crippen LogP contribution in [0.4, 0.5) is 5.69 Å². The molecule has 3 nitrogen and oxygen atoms in total. The van der Waals surface area contributed by atoms with Gasteiger partial charge in [-0.25, -0.2) is 0 Å². The molecule has 1 aromatic carbocycles. The van der Waals surface area contributed by atoms with Gasteiger partial charge in [0.15, 0.2) is 0 Å². The number of anilines is 1. The maximum atomic E-state index is 5.95.